The molecule has 0 unspecified atom stereocenters. The molecule has 0 aliphatic rings. The van der Waals surface area contributed by atoms with Crippen molar-refractivity contribution in [2.45, 2.75) is 19.8 Å². The maximum Gasteiger partial charge on any atom is 0.335 e. The Balaban J connectivity index is 2.40. The Morgan fingerprint density at radius 1 is 1.50 bits per heavy atom. The van der Waals surface area contributed by atoms with Crippen LogP contribution in [0, 0.1) is 0 Å². The molecule has 0 aliphatic heterocycles. The fourth-order valence-electron chi connectivity index (χ4n) is 1.31. The Labute approximate surface area is 111 Å². The van der Waals surface area contributed by atoms with E-state index in [9.17, 15) is 4.79 Å². The highest BCUT2D eigenvalue weighted by Gasteiger charge is 2.06. The summed E-state index contributed by atoms with van der Waals surface area (Å²) in [7, 11) is 0. The Hall–Kier alpha value is -1.33. The molecule has 0 saturated heterocycles. The lowest BCUT2D eigenvalue weighted by molar-refractivity contribution is 0.0697. The van der Waals surface area contributed by atoms with E-state index in [1.165, 1.54) is 12.1 Å². The molecule has 100 valence electrons. The van der Waals surface area contributed by atoms with Crippen molar-refractivity contribution in [1.82, 2.24) is 4.98 Å². The summed E-state index contributed by atoms with van der Waals surface area (Å²) in [6.45, 7) is 3.96. The molecule has 0 radical (unpaired) electrons. The first-order chi connectivity index (χ1) is 8.63. The average Bonchev–Trinajstić information content (AvgIpc) is 2.33. The first-order valence-corrected chi connectivity index (χ1v) is 6.23. The van der Waals surface area contributed by atoms with Crippen LogP contribution in [0.4, 0.5) is 5.82 Å². The van der Waals surface area contributed by atoms with E-state index in [2.05, 4.69) is 17.2 Å². The van der Waals surface area contributed by atoms with Crippen molar-refractivity contribution in [3.8, 4) is 0 Å². The minimum absolute atomic E-state index is 0.115. The summed E-state index contributed by atoms with van der Waals surface area (Å²) in [4.78, 5) is 14.8. The lowest BCUT2D eigenvalue weighted by Gasteiger charge is -2.07. The van der Waals surface area contributed by atoms with E-state index in [1.807, 2.05) is 0 Å². The Bertz CT molecular complexity index is 399. The third-order valence-electron chi connectivity index (χ3n) is 2.24. The summed E-state index contributed by atoms with van der Waals surface area (Å²) >= 11 is 5.73. The highest BCUT2D eigenvalue weighted by Crippen LogP contribution is 2.14. The number of aromatic carboxylic acids is 1. The first kappa shape index (κ1) is 14.7. The highest BCUT2D eigenvalue weighted by molar-refractivity contribution is 6.29. The molecule has 0 aromatic carbocycles. The molecular formula is C12H17ClN2O3. The third-order valence-corrected chi connectivity index (χ3v) is 2.43. The number of anilines is 1. The van der Waals surface area contributed by atoms with Crippen LogP contribution in [0.25, 0.3) is 0 Å². The second kappa shape index (κ2) is 7.89. The predicted octanol–water partition coefficient (Wildman–Crippen LogP) is 2.66. The zero-order chi connectivity index (χ0) is 13.4. The zero-order valence-electron chi connectivity index (χ0n) is 10.3. The van der Waals surface area contributed by atoms with Gasteiger partial charge in [0.2, 0.25) is 0 Å². The van der Waals surface area contributed by atoms with Crippen molar-refractivity contribution >= 4 is 23.4 Å². The number of ether oxygens (including phenoxy) is 1. The molecule has 0 saturated carbocycles. The number of rotatable bonds is 8. The monoisotopic (exact) mass is 272 g/mol. The number of carboxylic acids is 1. The fraction of sp³-hybridized carbons (Fsp3) is 0.500. The minimum Gasteiger partial charge on any atom is -0.478 e. The Morgan fingerprint density at radius 3 is 2.94 bits per heavy atom. The van der Waals surface area contributed by atoms with Crippen molar-refractivity contribution in [3.05, 3.63) is 22.8 Å². The van der Waals surface area contributed by atoms with E-state index in [0.717, 1.165) is 19.4 Å². The summed E-state index contributed by atoms with van der Waals surface area (Å²) < 4.78 is 5.36. The molecule has 0 amide bonds. The summed E-state index contributed by atoms with van der Waals surface area (Å²) in [6, 6.07) is 2.76. The number of aromatic nitrogens is 1. The lowest BCUT2D eigenvalue weighted by Crippen LogP contribution is -2.11. The van der Waals surface area contributed by atoms with Gasteiger partial charge in [-0.1, -0.05) is 24.9 Å². The van der Waals surface area contributed by atoms with Crippen molar-refractivity contribution in [2.75, 3.05) is 25.1 Å². The van der Waals surface area contributed by atoms with E-state index in [-0.39, 0.29) is 10.7 Å². The van der Waals surface area contributed by atoms with Gasteiger partial charge < -0.3 is 15.2 Å². The van der Waals surface area contributed by atoms with Crippen LogP contribution >= 0.6 is 11.6 Å². The summed E-state index contributed by atoms with van der Waals surface area (Å²) in [6.07, 6.45) is 2.14. The van der Waals surface area contributed by atoms with Crippen molar-refractivity contribution in [3.63, 3.8) is 0 Å². The molecular weight excluding hydrogens is 256 g/mol. The number of nitrogens with one attached hydrogen (secondary N) is 1. The molecule has 1 rings (SSSR count). The molecule has 0 fully saturated rings. The smallest absolute Gasteiger partial charge is 0.335 e. The summed E-state index contributed by atoms with van der Waals surface area (Å²) in [5, 5.41) is 12.0. The molecule has 1 aromatic rings. The molecule has 0 atom stereocenters. The van der Waals surface area contributed by atoms with Crippen LogP contribution in [-0.2, 0) is 4.74 Å². The zero-order valence-corrected chi connectivity index (χ0v) is 11.0. The standard InChI is InChI=1S/C12H17ClN2O3/c1-2-3-5-18-6-4-14-11-8-9(12(16)17)7-10(13)15-11/h7-8H,2-6H2,1H3,(H,14,15)(H,16,17). The molecule has 0 bridgehead atoms. The van der Waals surface area contributed by atoms with Crippen LogP contribution in [0.1, 0.15) is 30.1 Å². The number of halogens is 1. The van der Waals surface area contributed by atoms with Gasteiger partial charge in [-0.2, -0.15) is 0 Å². The lowest BCUT2D eigenvalue weighted by atomic mass is 10.2. The van der Waals surface area contributed by atoms with Gasteiger partial charge in [0.15, 0.2) is 0 Å². The number of pyridine rings is 1. The van der Waals surface area contributed by atoms with Crippen molar-refractivity contribution < 1.29 is 14.6 Å². The first-order valence-electron chi connectivity index (χ1n) is 5.86. The van der Waals surface area contributed by atoms with Gasteiger partial charge in [-0.15, -0.1) is 0 Å². The summed E-state index contributed by atoms with van der Waals surface area (Å²) in [5.41, 5.74) is 0.115. The van der Waals surface area contributed by atoms with E-state index < -0.39 is 5.97 Å². The second-order valence-corrected chi connectivity index (χ2v) is 4.15. The molecule has 1 heterocycles. The van der Waals surface area contributed by atoms with Crippen LogP contribution < -0.4 is 5.32 Å². The SMILES string of the molecule is CCCCOCCNc1cc(C(=O)O)cc(Cl)n1. The quantitative estimate of drug-likeness (QED) is 0.562. The van der Waals surface area contributed by atoms with Gasteiger partial charge in [0.05, 0.1) is 12.2 Å². The van der Waals surface area contributed by atoms with Crippen LogP contribution in [-0.4, -0.2) is 35.8 Å². The Morgan fingerprint density at radius 2 is 2.28 bits per heavy atom. The van der Waals surface area contributed by atoms with Gasteiger partial charge in [-0.25, -0.2) is 9.78 Å². The number of unbranched alkanes of at least 4 members (excludes halogenated alkanes) is 1. The van der Waals surface area contributed by atoms with Crippen LogP contribution in [0.3, 0.4) is 0 Å². The maximum atomic E-state index is 10.8. The van der Waals surface area contributed by atoms with Gasteiger partial charge in [0, 0.05) is 13.2 Å². The molecule has 5 nitrogen and oxygen atoms in total. The van der Waals surface area contributed by atoms with Gasteiger partial charge >= 0.3 is 5.97 Å². The average molecular weight is 273 g/mol. The van der Waals surface area contributed by atoms with Crippen LogP contribution in [0.5, 0.6) is 0 Å². The van der Waals surface area contributed by atoms with Gasteiger partial charge in [-0.05, 0) is 18.6 Å². The van der Waals surface area contributed by atoms with Crippen molar-refractivity contribution in [1.29, 1.82) is 0 Å². The van der Waals surface area contributed by atoms with E-state index in [0.29, 0.717) is 19.0 Å². The van der Waals surface area contributed by atoms with E-state index in [4.69, 9.17) is 21.4 Å². The topological polar surface area (TPSA) is 71.5 Å². The molecule has 18 heavy (non-hydrogen) atoms. The van der Waals surface area contributed by atoms with Gasteiger partial charge in [0.25, 0.3) is 0 Å². The van der Waals surface area contributed by atoms with Crippen LogP contribution in [0.15, 0.2) is 12.1 Å². The van der Waals surface area contributed by atoms with Gasteiger partial charge in [-0.3, -0.25) is 0 Å². The maximum absolute atomic E-state index is 10.8. The highest BCUT2D eigenvalue weighted by atomic mass is 35.5. The molecule has 0 spiro atoms. The fourth-order valence-corrected chi connectivity index (χ4v) is 1.52. The normalized spacial score (nSPS) is 10.3. The Kier molecular flexibility index (Phi) is 6.46. The van der Waals surface area contributed by atoms with Crippen LogP contribution in [0.2, 0.25) is 5.15 Å². The molecule has 6 heteroatoms. The number of carboxylic acid groups (broad SMARTS) is 1. The summed E-state index contributed by atoms with van der Waals surface area (Å²) in [5.74, 6) is -0.583. The second-order valence-electron chi connectivity index (χ2n) is 3.76. The number of hydrogen-bond acceptors (Lipinski definition) is 4. The molecule has 1 aromatic heterocycles. The predicted molar refractivity (Wildman–Crippen MR) is 70.4 cm³/mol. The third kappa shape index (κ3) is 5.33. The van der Waals surface area contributed by atoms with E-state index in [1.54, 1.807) is 0 Å². The largest absolute Gasteiger partial charge is 0.478 e. The van der Waals surface area contributed by atoms with Crippen molar-refractivity contribution in [2.24, 2.45) is 0 Å². The molecule has 0 aliphatic carbocycles. The van der Waals surface area contributed by atoms with Gasteiger partial charge in [0.1, 0.15) is 11.0 Å². The number of nitrogens with zero attached hydrogens (tertiary/aromatic N) is 1. The number of carbonyl (C=O) groups is 1. The number of hydrogen-bond donors (Lipinski definition) is 2. The molecule has 2 N–H and O–H groups in total. The van der Waals surface area contributed by atoms with E-state index >= 15 is 0 Å². The minimum atomic E-state index is -1.03.